The smallest absolute Gasteiger partial charge is 0.254 e. The molecule has 0 radical (unpaired) electrons. The molecule has 0 unspecified atom stereocenters. The zero-order valence-electron chi connectivity index (χ0n) is 19.5. The fourth-order valence-corrected chi connectivity index (χ4v) is 3.83. The minimum Gasteiger partial charge on any atom is -0.493 e. The Hall–Kier alpha value is -3.81. The molecule has 0 spiro atoms. The summed E-state index contributed by atoms with van der Waals surface area (Å²) < 4.78 is 10.6. The van der Waals surface area contributed by atoms with E-state index in [2.05, 4.69) is 22.1 Å². The third kappa shape index (κ3) is 5.16. The maximum absolute atomic E-state index is 13.0. The van der Waals surface area contributed by atoms with Gasteiger partial charge in [-0.1, -0.05) is 17.7 Å². The van der Waals surface area contributed by atoms with Crippen LogP contribution in [0.4, 0.5) is 17.5 Å². The number of nitrogens with one attached hydrogen (secondary N) is 1. The Morgan fingerprint density at radius 1 is 0.879 bits per heavy atom. The van der Waals surface area contributed by atoms with Crippen LogP contribution >= 0.6 is 0 Å². The summed E-state index contributed by atoms with van der Waals surface area (Å²) in [4.78, 5) is 26.3. The quantitative estimate of drug-likeness (QED) is 0.615. The van der Waals surface area contributed by atoms with Crippen molar-refractivity contribution in [3.63, 3.8) is 0 Å². The predicted molar refractivity (Wildman–Crippen MR) is 129 cm³/mol. The molecule has 2 aromatic carbocycles. The monoisotopic (exact) mass is 447 g/mol. The molecule has 33 heavy (non-hydrogen) atoms. The van der Waals surface area contributed by atoms with E-state index in [4.69, 9.17) is 14.5 Å². The van der Waals surface area contributed by atoms with Crippen LogP contribution in [0.3, 0.4) is 0 Å². The van der Waals surface area contributed by atoms with Crippen molar-refractivity contribution in [3.8, 4) is 11.5 Å². The number of amides is 1. The molecule has 1 saturated heterocycles. The molecule has 3 aromatic rings. The van der Waals surface area contributed by atoms with Crippen LogP contribution in [0.25, 0.3) is 0 Å². The topological polar surface area (TPSA) is 79.8 Å². The Bertz CT molecular complexity index is 1130. The van der Waals surface area contributed by atoms with Gasteiger partial charge in [0.1, 0.15) is 5.82 Å². The maximum atomic E-state index is 13.0. The number of nitrogens with zero attached hydrogens (tertiary/aromatic N) is 4. The Morgan fingerprint density at radius 2 is 1.58 bits per heavy atom. The highest BCUT2D eigenvalue weighted by Crippen LogP contribution is 2.28. The molecule has 8 nitrogen and oxygen atoms in total. The van der Waals surface area contributed by atoms with Gasteiger partial charge in [0.15, 0.2) is 11.5 Å². The lowest BCUT2D eigenvalue weighted by molar-refractivity contribution is 0.0746. The van der Waals surface area contributed by atoms with Crippen molar-refractivity contribution < 1.29 is 14.3 Å². The van der Waals surface area contributed by atoms with Crippen molar-refractivity contribution >= 4 is 23.4 Å². The van der Waals surface area contributed by atoms with Gasteiger partial charge in [-0.05, 0) is 44.2 Å². The molecule has 0 atom stereocenters. The molecule has 4 rings (SSSR count). The number of anilines is 3. The minimum atomic E-state index is -0.0174. The summed E-state index contributed by atoms with van der Waals surface area (Å²) in [6.45, 7) is 6.62. The summed E-state index contributed by atoms with van der Waals surface area (Å²) in [5.41, 5.74) is 3.62. The zero-order valence-corrected chi connectivity index (χ0v) is 19.5. The van der Waals surface area contributed by atoms with Gasteiger partial charge in [0.05, 0.1) is 14.2 Å². The van der Waals surface area contributed by atoms with Gasteiger partial charge < -0.3 is 24.6 Å². The number of aryl methyl sites for hydroxylation is 2. The van der Waals surface area contributed by atoms with E-state index in [0.717, 1.165) is 17.2 Å². The van der Waals surface area contributed by atoms with E-state index in [0.29, 0.717) is 49.2 Å². The van der Waals surface area contributed by atoms with E-state index >= 15 is 0 Å². The molecule has 0 bridgehead atoms. The van der Waals surface area contributed by atoms with Crippen LogP contribution in [0.1, 0.15) is 21.6 Å². The third-order valence-electron chi connectivity index (χ3n) is 5.67. The Kier molecular flexibility index (Phi) is 6.63. The molecule has 1 aliphatic rings. The number of rotatable bonds is 6. The molecular weight excluding hydrogens is 418 g/mol. The lowest BCUT2D eigenvalue weighted by Crippen LogP contribution is -2.49. The van der Waals surface area contributed by atoms with Crippen LogP contribution in [-0.2, 0) is 0 Å². The molecule has 1 aromatic heterocycles. The summed E-state index contributed by atoms with van der Waals surface area (Å²) in [6.07, 6.45) is 0. The lowest BCUT2D eigenvalue weighted by atomic mass is 10.1. The molecule has 0 aliphatic carbocycles. The van der Waals surface area contributed by atoms with Crippen LogP contribution in [0.5, 0.6) is 11.5 Å². The minimum absolute atomic E-state index is 0.0174. The molecule has 172 valence electrons. The predicted octanol–water partition coefficient (Wildman–Crippen LogP) is 3.82. The van der Waals surface area contributed by atoms with Gasteiger partial charge in [-0.15, -0.1) is 0 Å². The second kappa shape index (κ2) is 9.77. The Labute approximate surface area is 194 Å². The molecule has 8 heteroatoms. The highest BCUT2D eigenvalue weighted by atomic mass is 16.5. The third-order valence-corrected chi connectivity index (χ3v) is 5.67. The average Bonchev–Trinajstić information content (AvgIpc) is 2.84. The molecular formula is C25H29N5O3. The molecule has 0 saturated carbocycles. The van der Waals surface area contributed by atoms with Gasteiger partial charge >= 0.3 is 0 Å². The summed E-state index contributed by atoms with van der Waals surface area (Å²) in [7, 11) is 3.14. The number of hydrogen-bond acceptors (Lipinski definition) is 7. The van der Waals surface area contributed by atoms with Gasteiger partial charge in [-0.2, -0.15) is 4.98 Å². The number of piperazine rings is 1. The molecule has 1 N–H and O–H groups in total. The summed E-state index contributed by atoms with van der Waals surface area (Å²) in [5, 5.41) is 3.28. The first-order chi connectivity index (χ1) is 16.0. The van der Waals surface area contributed by atoms with Gasteiger partial charge in [0, 0.05) is 49.2 Å². The van der Waals surface area contributed by atoms with E-state index < -0.39 is 0 Å². The van der Waals surface area contributed by atoms with Crippen molar-refractivity contribution in [1.82, 2.24) is 14.9 Å². The van der Waals surface area contributed by atoms with Crippen molar-refractivity contribution in [2.75, 3.05) is 50.6 Å². The molecule has 1 fully saturated rings. The highest BCUT2D eigenvalue weighted by molar-refractivity contribution is 5.95. The van der Waals surface area contributed by atoms with Crippen molar-refractivity contribution in [3.05, 3.63) is 65.4 Å². The van der Waals surface area contributed by atoms with Crippen LogP contribution in [0, 0.1) is 13.8 Å². The summed E-state index contributed by atoms with van der Waals surface area (Å²) in [5.74, 6) is 2.56. The number of carbonyl (C=O) groups excluding carboxylic acids is 1. The van der Waals surface area contributed by atoms with Crippen LogP contribution in [0.15, 0.2) is 48.5 Å². The van der Waals surface area contributed by atoms with E-state index in [1.165, 1.54) is 5.56 Å². The first-order valence-electron chi connectivity index (χ1n) is 10.9. The lowest BCUT2D eigenvalue weighted by Gasteiger charge is -2.35. The second-order valence-corrected chi connectivity index (χ2v) is 8.03. The highest BCUT2D eigenvalue weighted by Gasteiger charge is 2.24. The molecule has 1 amide bonds. The average molecular weight is 448 g/mol. The number of carbonyl (C=O) groups is 1. The van der Waals surface area contributed by atoms with Crippen LogP contribution in [-0.4, -0.2) is 61.2 Å². The van der Waals surface area contributed by atoms with Gasteiger partial charge in [-0.25, -0.2) is 4.98 Å². The zero-order chi connectivity index (χ0) is 23.4. The standard InChI is InChI=1S/C25H29N5O3/c1-17-5-8-20(9-6-17)27-25-26-18(2)15-23(28-25)29-11-13-30(14-12-29)24(31)19-7-10-21(32-3)22(16-19)33-4/h5-10,15-16H,11-14H2,1-4H3,(H,26,27,28). The van der Waals surface area contributed by atoms with E-state index in [1.54, 1.807) is 32.4 Å². The summed E-state index contributed by atoms with van der Waals surface area (Å²) >= 11 is 0. The number of hydrogen-bond donors (Lipinski definition) is 1. The van der Waals surface area contributed by atoms with Crippen LogP contribution in [0.2, 0.25) is 0 Å². The number of aromatic nitrogens is 2. The second-order valence-electron chi connectivity index (χ2n) is 8.03. The SMILES string of the molecule is COc1ccc(C(=O)N2CCN(c3cc(C)nc(Nc4ccc(C)cc4)n3)CC2)cc1OC. The fraction of sp³-hybridized carbons (Fsp3) is 0.320. The Balaban J connectivity index is 1.43. The van der Waals surface area contributed by atoms with Crippen LogP contribution < -0.4 is 19.7 Å². The largest absolute Gasteiger partial charge is 0.493 e. The van der Waals surface area contributed by atoms with Gasteiger partial charge in [0.25, 0.3) is 5.91 Å². The summed E-state index contributed by atoms with van der Waals surface area (Å²) in [6, 6.07) is 15.4. The first-order valence-corrected chi connectivity index (χ1v) is 10.9. The van der Waals surface area contributed by atoms with E-state index in [-0.39, 0.29) is 5.91 Å². The van der Waals surface area contributed by atoms with Crippen molar-refractivity contribution in [1.29, 1.82) is 0 Å². The number of benzene rings is 2. The molecule has 1 aliphatic heterocycles. The maximum Gasteiger partial charge on any atom is 0.254 e. The van der Waals surface area contributed by atoms with Crippen molar-refractivity contribution in [2.45, 2.75) is 13.8 Å². The van der Waals surface area contributed by atoms with Gasteiger partial charge in [0.2, 0.25) is 5.95 Å². The fourth-order valence-electron chi connectivity index (χ4n) is 3.83. The first kappa shape index (κ1) is 22.4. The number of ether oxygens (including phenoxy) is 2. The number of methoxy groups -OCH3 is 2. The van der Waals surface area contributed by atoms with Crippen molar-refractivity contribution in [2.24, 2.45) is 0 Å². The Morgan fingerprint density at radius 3 is 2.24 bits per heavy atom. The molecule has 2 heterocycles. The van der Waals surface area contributed by atoms with E-state index in [1.807, 2.05) is 42.2 Å². The van der Waals surface area contributed by atoms with Gasteiger partial charge in [-0.3, -0.25) is 4.79 Å². The normalized spacial score (nSPS) is 13.6. The van der Waals surface area contributed by atoms with E-state index in [9.17, 15) is 4.79 Å².